The lowest BCUT2D eigenvalue weighted by atomic mass is 10.1. The van der Waals surface area contributed by atoms with Gasteiger partial charge in [0, 0.05) is 18.2 Å². The Morgan fingerprint density at radius 2 is 1.36 bits per heavy atom. The minimum absolute atomic E-state index is 0. The van der Waals surface area contributed by atoms with E-state index < -0.39 is 0 Å². The molecule has 0 aliphatic heterocycles. The van der Waals surface area contributed by atoms with Crippen molar-refractivity contribution < 1.29 is 22.0 Å². The molecule has 1 N–H and O–H groups in total. The lowest BCUT2D eigenvalue weighted by Crippen LogP contribution is -3.00. The predicted octanol–water partition coefficient (Wildman–Crippen LogP) is 1.98. The van der Waals surface area contributed by atoms with Crippen molar-refractivity contribution in [1.29, 1.82) is 0 Å². The molecule has 0 aromatic carbocycles. The summed E-state index contributed by atoms with van der Waals surface area (Å²) in [6, 6.07) is 0. The molecule has 0 fully saturated rings. The van der Waals surface area contributed by atoms with Gasteiger partial charge in [0.05, 0.1) is 33.3 Å². The van der Waals surface area contributed by atoms with E-state index in [-0.39, 0.29) is 18.5 Å². The Hall–Kier alpha value is 0.500. The van der Waals surface area contributed by atoms with Crippen LogP contribution in [0.5, 0.6) is 0 Å². The number of rotatable bonds is 14. The van der Waals surface area contributed by atoms with Crippen LogP contribution in [0.3, 0.4) is 0 Å². The largest absolute Gasteiger partial charge is 1.00 e. The zero-order valence-electron chi connectivity index (χ0n) is 15.3. The highest BCUT2D eigenvalue weighted by molar-refractivity contribution is 6.20. The fourth-order valence-electron chi connectivity index (χ4n) is 2.60. The summed E-state index contributed by atoms with van der Waals surface area (Å²) >= 11 is 6.45. The van der Waals surface area contributed by atoms with Crippen LogP contribution in [0.15, 0.2) is 0 Å². The van der Waals surface area contributed by atoms with E-state index in [0.717, 1.165) is 36.8 Å². The second kappa shape index (κ2) is 15.1. The van der Waals surface area contributed by atoms with Crippen LogP contribution in [0, 0.1) is 0 Å². The SMILES string of the molecule is CCCCCCCCCC(Cl)CC[N+](C)(C)CCC(C)O.[Cl-]. The Morgan fingerprint density at radius 3 is 1.91 bits per heavy atom. The normalized spacial score (nSPS) is 14.5. The first-order chi connectivity index (χ1) is 9.87. The molecule has 0 aliphatic rings. The van der Waals surface area contributed by atoms with Crippen molar-refractivity contribution >= 4 is 11.6 Å². The molecule has 0 spiro atoms. The number of nitrogens with zero attached hydrogens (tertiary/aromatic N) is 1. The third kappa shape index (κ3) is 16.9. The molecule has 2 nitrogen and oxygen atoms in total. The molecular weight excluding hydrogens is 317 g/mol. The first-order valence-corrected chi connectivity index (χ1v) is 9.45. The molecule has 136 valence electrons. The fraction of sp³-hybridized carbons (Fsp3) is 1.00. The minimum atomic E-state index is -0.193. The maximum Gasteiger partial charge on any atom is 0.0807 e. The van der Waals surface area contributed by atoms with E-state index in [1.807, 2.05) is 6.92 Å². The molecule has 0 saturated carbocycles. The molecule has 0 radical (unpaired) electrons. The number of hydrogen-bond donors (Lipinski definition) is 1. The van der Waals surface area contributed by atoms with Crippen molar-refractivity contribution in [3.63, 3.8) is 0 Å². The molecular formula is C18H39Cl2NO. The Kier molecular flexibility index (Phi) is 16.9. The second-order valence-corrected chi connectivity index (χ2v) is 7.93. The zero-order chi connectivity index (χ0) is 16.1. The van der Waals surface area contributed by atoms with E-state index in [0.29, 0.717) is 5.38 Å². The summed E-state index contributed by atoms with van der Waals surface area (Å²) in [4.78, 5) is 0. The number of aliphatic hydroxyl groups is 1. The number of quaternary nitrogens is 1. The minimum Gasteiger partial charge on any atom is -1.00 e. The Bertz CT molecular complexity index is 235. The highest BCUT2D eigenvalue weighted by atomic mass is 35.5. The van der Waals surface area contributed by atoms with Gasteiger partial charge in [-0.1, -0.05) is 51.9 Å². The summed E-state index contributed by atoms with van der Waals surface area (Å²) in [5.74, 6) is 0. The van der Waals surface area contributed by atoms with Gasteiger partial charge in [-0.05, 0) is 13.3 Å². The first kappa shape index (κ1) is 24.7. The van der Waals surface area contributed by atoms with Crippen molar-refractivity contribution in [2.45, 2.75) is 89.5 Å². The van der Waals surface area contributed by atoms with Crippen LogP contribution >= 0.6 is 11.6 Å². The van der Waals surface area contributed by atoms with Crippen LogP contribution in [-0.4, -0.2) is 48.3 Å². The average molecular weight is 356 g/mol. The van der Waals surface area contributed by atoms with Gasteiger partial charge in [0.2, 0.25) is 0 Å². The van der Waals surface area contributed by atoms with Crippen LogP contribution in [0.1, 0.15) is 78.1 Å². The van der Waals surface area contributed by atoms with Gasteiger partial charge in [0.1, 0.15) is 0 Å². The summed E-state index contributed by atoms with van der Waals surface area (Å²) in [7, 11) is 4.47. The third-order valence-electron chi connectivity index (χ3n) is 4.32. The van der Waals surface area contributed by atoms with Crippen molar-refractivity contribution in [2.75, 3.05) is 27.2 Å². The van der Waals surface area contributed by atoms with E-state index in [1.165, 1.54) is 44.9 Å². The van der Waals surface area contributed by atoms with Gasteiger partial charge in [-0.25, -0.2) is 0 Å². The molecule has 4 heteroatoms. The summed E-state index contributed by atoms with van der Waals surface area (Å²) < 4.78 is 0.963. The van der Waals surface area contributed by atoms with Crippen molar-refractivity contribution in [1.82, 2.24) is 0 Å². The number of alkyl halides is 1. The van der Waals surface area contributed by atoms with E-state index in [1.54, 1.807) is 0 Å². The Labute approximate surface area is 150 Å². The van der Waals surface area contributed by atoms with E-state index >= 15 is 0 Å². The van der Waals surface area contributed by atoms with Crippen molar-refractivity contribution in [2.24, 2.45) is 0 Å². The topological polar surface area (TPSA) is 20.2 Å². The van der Waals surface area contributed by atoms with Gasteiger partial charge in [-0.2, -0.15) is 0 Å². The number of aliphatic hydroxyl groups excluding tert-OH is 1. The fourth-order valence-corrected chi connectivity index (χ4v) is 2.86. The summed E-state index contributed by atoms with van der Waals surface area (Å²) in [5, 5.41) is 9.70. The molecule has 22 heavy (non-hydrogen) atoms. The second-order valence-electron chi connectivity index (χ2n) is 7.32. The molecule has 0 saturated heterocycles. The summed E-state index contributed by atoms with van der Waals surface area (Å²) in [6.07, 6.45) is 12.4. The van der Waals surface area contributed by atoms with Gasteiger partial charge >= 0.3 is 0 Å². The maximum absolute atomic E-state index is 9.38. The first-order valence-electron chi connectivity index (χ1n) is 9.01. The smallest absolute Gasteiger partial charge is 0.0807 e. The predicted molar refractivity (Wildman–Crippen MR) is 95.0 cm³/mol. The van der Waals surface area contributed by atoms with Crippen LogP contribution < -0.4 is 12.4 Å². The van der Waals surface area contributed by atoms with Gasteiger partial charge in [-0.15, -0.1) is 11.6 Å². The lowest BCUT2D eigenvalue weighted by Gasteiger charge is -2.31. The van der Waals surface area contributed by atoms with Crippen LogP contribution in [0.25, 0.3) is 0 Å². The van der Waals surface area contributed by atoms with Crippen LogP contribution in [0.4, 0.5) is 0 Å². The standard InChI is InChI=1S/C18H39ClNO.ClH/c1-5-6-7-8-9-10-11-12-18(19)14-16-20(3,4)15-13-17(2)21;/h17-18,21H,5-16H2,1-4H3;1H/q+1;/p-1. The van der Waals surface area contributed by atoms with E-state index in [4.69, 9.17) is 11.6 Å². The van der Waals surface area contributed by atoms with Gasteiger partial charge in [-0.3, -0.25) is 0 Å². The van der Waals surface area contributed by atoms with Gasteiger partial charge in [0.15, 0.2) is 0 Å². The summed E-state index contributed by atoms with van der Waals surface area (Å²) in [6.45, 7) is 6.26. The molecule has 0 heterocycles. The Morgan fingerprint density at radius 1 is 0.864 bits per heavy atom. The van der Waals surface area contributed by atoms with Crippen LogP contribution in [-0.2, 0) is 0 Å². The maximum atomic E-state index is 9.38. The highest BCUT2D eigenvalue weighted by Crippen LogP contribution is 2.16. The zero-order valence-corrected chi connectivity index (χ0v) is 16.8. The van der Waals surface area contributed by atoms with Crippen LogP contribution in [0.2, 0.25) is 0 Å². The third-order valence-corrected chi connectivity index (χ3v) is 4.76. The van der Waals surface area contributed by atoms with Crippen molar-refractivity contribution in [3.8, 4) is 0 Å². The molecule has 2 atom stereocenters. The molecule has 0 aromatic rings. The molecule has 0 aromatic heterocycles. The van der Waals surface area contributed by atoms with E-state index in [9.17, 15) is 5.11 Å². The highest BCUT2D eigenvalue weighted by Gasteiger charge is 2.18. The quantitative estimate of drug-likeness (QED) is 0.287. The molecule has 0 rings (SSSR count). The Balaban J connectivity index is 0. The number of hydrogen-bond acceptors (Lipinski definition) is 1. The number of unbranched alkanes of at least 4 members (excludes halogenated alkanes) is 6. The van der Waals surface area contributed by atoms with Gasteiger partial charge in [0.25, 0.3) is 0 Å². The molecule has 0 aliphatic carbocycles. The van der Waals surface area contributed by atoms with E-state index in [2.05, 4.69) is 21.0 Å². The molecule has 0 bridgehead atoms. The average Bonchev–Trinajstić information content (AvgIpc) is 2.42. The number of halogens is 2. The molecule has 2 unspecified atom stereocenters. The lowest BCUT2D eigenvalue weighted by molar-refractivity contribution is -0.891. The summed E-state index contributed by atoms with van der Waals surface area (Å²) in [5.41, 5.74) is 0. The van der Waals surface area contributed by atoms with Gasteiger partial charge < -0.3 is 22.0 Å². The monoisotopic (exact) mass is 355 g/mol. The van der Waals surface area contributed by atoms with Crippen molar-refractivity contribution in [3.05, 3.63) is 0 Å². The molecule has 0 amide bonds.